The number of carbonyl (C=O) groups is 2. The van der Waals surface area contributed by atoms with Crippen LogP contribution in [0, 0.1) is 0 Å². The van der Waals surface area contributed by atoms with Crippen LogP contribution in [0.5, 0.6) is 5.75 Å². The van der Waals surface area contributed by atoms with Gasteiger partial charge >= 0.3 is 0 Å². The summed E-state index contributed by atoms with van der Waals surface area (Å²) in [6.45, 7) is 0. The van der Waals surface area contributed by atoms with Crippen molar-refractivity contribution < 1.29 is 14.3 Å². The lowest BCUT2D eigenvalue weighted by Gasteiger charge is -2.18. The maximum atomic E-state index is 12.4. The minimum atomic E-state index is -0.358. The highest BCUT2D eigenvalue weighted by molar-refractivity contribution is 6.26. The maximum Gasteiger partial charge on any atom is 0.259 e. The Hall–Kier alpha value is -3.40. The second kappa shape index (κ2) is 5.91. The van der Waals surface area contributed by atoms with Gasteiger partial charge < -0.3 is 4.74 Å². The zero-order chi connectivity index (χ0) is 17.4. The number of hydrogen-bond donors (Lipinski definition) is 1. The average Bonchev–Trinajstić information content (AvgIpc) is 2.64. The normalized spacial score (nSPS) is 13.3. The Labute approximate surface area is 144 Å². The van der Waals surface area contributed by atoms with Crippen molar-refractivity contribution in [1.29, 1.82) is 0 Å². The van der Waals surface area contributed by atoms with Gasteiger partial charge in [0.15, 0.2) is 0 Å². The van der Waals surface area contributed by atoms with E-state index < -0.39 is 0 Å². The first-order valence-electron chi connectivity index (χ1n) is 7.91. The summed E-state index contributed by atoms with van der Waals surface area (Å²) in [5.41, 5.74) is 2.85. The van der Waals surface area contributed by atoms with Gasteiger partial charge in [-0.2, -0.15) is 0 Å². The summed E-state index contributed by atoms with van der Waals surface area (Å²) in [5.74, 6) is 0.0866. The first-order chi connectivity index (χ1) is 12.2. The molecule has 0 spiro atoms. The molecule has 0 atom stereocenters. The van der Waals surface area contributed by atoms with Gasteiger partial charge in [-0.3, -0.25) is 14.9 Å². The van der Waals surface area contributed by atoms with Gasteiger partial charge in [-0.05, 0) is 34.7 Å². The molecule has 0 aliphatic carbocycles. The standard InChI is InChI=1S/C21H15NO3/c1-25-16-11-6-13(7-12-16)5-8-15-10-9-14-3-2-4-17-18(14)19(15)21(24)22-20(17)23/h2-12H,1H3,(H,22,23,24)/b8-5+. The number of nitrogens with one attached hydrogen (secondary N) is 1. The number of rotatable bonds is 3. The molecule has 1 aliphatic heterocycles. The molecule has 25 heavy (non-hydrogen) atoms. The number of amides is 2. The summed E-state index contributed by atoms with van der Waals surface area (Å²) in [7, 11) is 1.63. The fourth-order valence-electron chi connectivity index (χ4n) is 3.10. The van der Waals surface area contributed by atoms with E-state index in [-0.39, 0.29) is 11.8 Å². The monoisotopic (exact) mass is 329 g/mol. The fourth-order valence-corrected chi connectivity index (χ4v) is 3.10. The number of benzene rings is 3. The van der Waals surface area contributed by atoms with Crippen LogP contribution in [0.4, 0.5) is 0 Å². The summed E-state index contributed by atoms with van der Waals surface area (Å²) < 4.78 is 5.15. The SMILES string of the molecule is COc1ccc(/C=C/c2ccc3cccc4c3c2C(=O)NC4=O)cc1. The molecule has 4 nitrogen and oxygen atoms in total. The van der Waals surface area contributed by atoms with Crippen LogP contribution in [-0.4, -0.2) is 18.9 Å². The lowest BCUT2D eigenvalue weighted by atomic mass is 9.91. The van der Waals surface area contributed by atoms with Crippen molar-refractivity contribution in [2.75, 3.05) is 7.11 Å². The van der Waals surface area contributed by atoms with E-state index in [1.165, 1.54) is 0 Å². The van der Waals surface area contributed by atoms with Crippen LogP contribution in [-0.2, 0) is 0 Å². The van der Waals surface area contributed by atoms with E-state index in [9.17, 15) is 9.59 Å². The molecule has 1 heterocycles. The number of ether oxygens (including phenoxy) is 1. The molecule has 0 unspecified atom stereocenters. The van der Waals surface area contributed by atoms with Gasteiger partial charge in [-0.1, -0.05) is 48.6 Å². The molecule has 0 bridgehead atoms. The molecule has 1 aliphatic rings. The maximum absolute atomic E-state index is 12.4. The second-order valence-corrected chi connectivity index (χ2v) is 5.82. The summed E-state index contributed by atoms with van der Waals surface area (Å²) >= 11 is 0. The summed E-state index contributed by atoms with van der Waals surface area (Å²) in [5, 5.41) is 4.02. The lowest BCUT2D eigenvalue weighted by molar-refractivity contribution is 0.0845. The van der Waals surface area contributed by atoms with E-state index in [1.54, 1.807) is 13.2 Å². The van der Waals surface area contributed by atoms with Gasteiger partial charge in [0.1, 0.15) is 5.75 Å². The van der Waals surface area contributed by atoms with Crippen molar-refractivity contribution in [3.63, 3.8) is 0 Å². The highest BCUT2D eigenvalue weighted by Crippen LogP contribution is 2.30. The van der Waals surface area contributed by atoms with Crippen LogP contribution in [0.25, 0.3) is 22.9 Å². The van der Waals surface area contributed by atoms with E-state index in [0.717, 1.165) is 22.3 Å². The highest BCUT2D eigenvalue weighted by Gasteiger charge is 2.26. The first kappa shape index (κ1) is 15.1. The van der Waals surface area contributed by atoms with Crippen molar-refractivity contribution in [3.05, 3.63) is 76.9 Å². The molecule has 122 valence electrons. The van der Waals surface area contributed by atoms with Crippen LogP contribution in [0.3, 0.4) is 0 Å². The molecule has 4 heteroatoms. The van der Waals surface area contributed by atoms with Crippen molar-refractivity contribution in [2.24, 2.45) is 0 Å². The molecule has 0 aromatic heterocycles. The minimum Gasteiger partial charge on any atom is -0.497 e. The number of imide groups is 1. The molecule has 3 aromatic carbocycles. The molecule has 0 saturated heterocycles. The Balaban J connectivity index is 1.83. The third-order valence-corrected chi connectivity index (χ3v) is 4.35. The third-order valence-electron chi connectivity index (χ3n) is 4.35. The average molecular weight is 329 g/mol. The predicted molar refractivity (Wildman–Crippen MR) is 97.7 cm³/mol. The van der Waals surface area contributed by atoms with Gasteiger partial charge in [-0.15, -0.1) is 0 Å². The van der Waals surface area contributed by atoms with E-state index in [0.29, 0.717) is 16.5 Å². The van der Waals surface area contributed by atoms with Crippen LogP contribution in [0.2, 0.25) is 0 Å². The second-order valence-electron chi connectivity index (χ2n) is 5.82. The van der Waals surface area contributed by atoms with E-state index >= 15 is 0 Å². The van der Waals surface area contributed by atoms with Crippen molar-refractivity contribution >= 4 is 34.7 Å². The molecule has 4 rings (SSSR count). The first-order valence-corrected chi connectivity index (χ1v) is 7.91. The molecule has 1 N–H and O–H groups in total. The van der Waals surface area contributed by atoms with Gasteiger partial charge in [0.05, 0.1) is 12.7 Å². The summed E-state index contributed by atoms with van der Waals surface area (Å²) in [4.78, 5) is 24.5. The van der Waals surface area contributed by atoms with Crippen molar-refractivity contribution in [2.45, 2.75) is 0 Å². The zero-order valence-electron chi connectivity index (χ0n) is 13.6. The highest BCUT2D eigenvalue weighted by atomic mass is 16.5. The summed E-state index contributed by atoms with van der Waals surface area (Å²) in [6.07, 6.45) is 3.83. The van der Waals surface area contributed by atoms with Gasteiger partial charge in [0, 0.05) is 10.9 Å². The number of hydrogen-bond acceptors (Lipinski definition) is 3. The molecule has 0 saturated carbocycles. The predicted octanol–water partition coefficient (Wildman–Crippen LogP) is 3.90. The Morgan fingerprint density at radius 1 is 0.880 bits per heavy atom. The Bertz CT molecular complexity index is 1030. The van der Waals surface area contributed by atoms with E-state index in [4.69, 9.17) is 4.74 Å². The topological polar surface area (TPSA) is 55.4 Å². The van der Waals surface area contributed by atoms with Crippen LogP contribution in [0.1, 0.15) is 31.8 Å². The fraction of sp³-hybridized carbons (Fsp3) is 0.0476. The van der Waals surface area contributed by atoms with Crippen molar-refractivity contribution in [3.8, 4) is 5.75 Å². The van der Waals surface area contributed by atoms with Gasteiger partial charge in [0.25, 0.3) is 11.8 Å². The van der Waals surface area contributed by atoms with Crippen LogP contribution in [0.15, 0.2) is 54.6 Å². The largest absolute Gasteiger partial charge is 0.497 e. The Kier molecular flexibility index (Phi) is 3.58. The van der Waals surface area contributed by atoms with E-state index in [2.05, 4.69) is 5.32 Å². The number of carbonyl (C=O) groups excluding carboxylic acids is 2. The minimum absolute atomic E-state index is 0.348. The Morgan fingerprint density at radius 3 is 2.44 bits per heavy atom. The molecule has 0 radical (unpaired) electrons. The third kappa shape index (κ3) is 2.58. The Morgan fingerprint density at radius 2 is 1.68 bits per heavy atom. The molecule has 0 fully saturated rings. The molecule has 2 amide bonds. The smallest absolute Gasteiger partial charge is 0.259 e. The lowest BCUT2D eigenvalue weighted by Crippen LogP contribution is -2.35. The molecular weight excluding hydrogens is 314 g/mol. The molecule has 3 aromatic rings. The van der Waals surface area contributed by atoms with Gasteiger partial charge in [-0.25, -0.2) is 0 Å². The van der Waals surface area contributed by atoms with E-state index in [1.807, 2.05) is 60.7 Å². The van der Waals surface area contributed by atoms with Crippen LogP contribution >= 0.6 is 0 Å². The molecular formula is C21H15NO3. The quantitative estimate of drug-likeness (QED) is 0.586. The summed E-state index contributed by atoms with van der Waals surface area (Å²) in [6, 6.07) is 17.0. The van der Waals surface area contributed by atoms with Crippen molar-refractivity contribution in [1.82, 2.24) is 5.32 Å². The van der Waals surface area contributed by atoms with Crippen LogP contribution < -0.4 is 10.1 Å². The zero-order valence-corrected chi connectivity index (χ0v) is 13.6. The van der Waals surface area contributed by atoms with Gasteiger partial charge in [0.2, 0.25) is 0 Å². The number of methoxy groups -OCH3 is 1.